The Morgan fingerprint density at radius 3 is 2.52 bits per heavy atom. The molecule has 0 saturated heterocycles. The van der Waals surface area contributed by atoms with Crippen LogP contribution in [0.3, 0.4) is 0 Å². The minimum atomic E-state index is -0.382. The summed E-state index contributed by atoms with van der Waals surface area (Å²) >= 11 is 0. The van der Waals surface area contributed by atoms with Gasteiger partial charge in [0, 0.05) is 12.0 Å². The first-order chi connectivity index (χ1) is 15.2. The summed E-state index contributed by atoms with van der Waals surface area (Å²) in [6.45, 7) is 0. The lowest BCUT2D eigenvalue weighted by molar-refractivity contribution is 0.102. The molecule has 0 bridgehead atoms. The number of hydrogen-bond acceptors (Lipinski definition) is 6. The van der Waals surface area contributed by atoms with E-state index in [2.05, 4.69) is 42.8 Å². The van der Waals surface area contributed by atoms with E-state index >= 15 is 0 Å². The number of nitrogens with one attached hydrogen (secondary N) is 3. The highest BCUT2D eigenvalue weighted by Gasteiger charge is 2.15. The largest absolute Gasteiger partial charge is 0.493 e. The Labute approximate surface area is 178 Å². The standard InChI is InChI=1S/C22H22N6O3/c1-30-18-10-9-15(12-19(18)31-2)16-13-17(26-25-16)21(29)24-22-23-20(27-28-22)11-8-14-6-4-3-5-7-14/h3-7,9-10,12-13H,8,11H2,1-2H3,(H,25,26)(H2,23,24,27,28,29). The molecule has 2 aromatic heterocycles. The zero-order valence-corrected chi connectivity index (χ0v) is 17.2. The smallest absolute Gasteiger partial charge is 0.276 e. The molecule has 0 aliphatic carbocycles. The highest BCUT2D eigenvalue weighted by molar-refractivity contribution is 6.02. The van der Waals surface area contributed by atoms with Crippen LogP contribution >= 0.6 is 0 Å². The van der Waals surface area contributed by atoms with Crippen molar-refractivity contribution in [3.63, 3.8) is 0 Å². The van der Waals surface area contributed by atoms with Crippen LogP contribution in [-0.4, -0.2) is 45.5 Å². The third-order valence-electron chi connectivity index (χ3n) is 4.75. The summed E-state index contributed by atoms with van der Waals surface area (Å²) in [6, 6.07) is 17.2. The molecule has 0 atom stereocenters. The number of benzene rings is 2. The number of carbonyl (C=O) groups excluding carboxylic acids is 1. The number of aromatic nitrogens is 5. The van der Waals surface area contributed by atoms with Crippen LogP contribution in [0.1, 0.15) is 21.9 Å². The van der Waals surface area contributed by atoms with Crippen LogP contribution in [0.25, 0.3) is 11.3 Å². The first kappa shape index (κ1) is 20.1. The van der Waals surface area contributed by atoms with E-state index in [9.17, 15) is 4.79 Å². The molecule has 31 heavy (non-hydrogen) atoms. The van der Waals surface area contributed by atoms with Crippen LogP contribution in [0.5, 0.6) is 11.5 Å². The topological polar surface area (TPSA) is 118 Å². The average molecular weight is 418 g/mol. The van der Waals surface area contributed by atoms with Crippen LogP contribution in [0.4, 0.5) is 5.95 Å². The fourth-order valence-corrected chi connectivity index (χ4v) is 3.12. The van der Waals surface area contributed by atoms with E-state index in [4.69, 9.17) is 9.47 Å². The number of carbonyl (C=O) groups is 1. The van der Waals surface area contributed by atoms with Crippen molar-refractivity contribution >= 4 is 11.9 Å². The molecule has 0 spiro atoms. The molecule has 2 aromatic carbocycles. The maximum absolute atomic E-state index is 12.5. The van der Waals surface area contributed by atoms with Crippen molar-refractivity contribution in [2.24, 2.45) is 0 Å². The minimum absolute atomic E-state index is 0.218. The molecule has 0 radical (unpaired) electrons. The fraction of sp³-hybridized carbons (Fsp3) is 0.182. The zero-order chi connectivity index (χ0) is 21.6. The zero-order valence-electron chi connectivity index (χ0n) is 17.2. The van der Waals surface area contributed by atoms with Gasteiger partial charge < -0.3 is 9.47 Å². The second-order valence-corrected chi connectivity index (χ2v) is 6.78. The Kier molecular flexibility index (Phi) is 5.93. The number of H-pyrrole nitrogens is 2. The predicted octanol–water partition coefficient (Wildman–Crippen LogP) is 3.25. The number of ether oxygens (including phenoxy) is 2. The van der Waals surface area contributed by atoms with Gasteiger partial charge in [0.15, 0.2) is 11.5 Å². The summed E-state index contributed by atoms with van der Waals surface area (Å²) in [5.74, 6) is 1.74. The fourth-order valence-electron chi connectivity index (χ4n) is 3.12. The number of amides is 1. The number of nitrogens with zero attached hydrogens (tertiary/aromatic N) is 3. The van der Waals surface area contributed by atoms with E-state index in [-0.39, 0.29) is 11.9 Å². The second-order valence-electron chi connectivity index (χ2n) is 6.78. The van der Waals surface area contributed by atoms with Gasteiger partial charge in [-0.25, -0.2) is 0 Å². The van der Waals surface area contributed by atoms with Crippen molar-refractivity contribution in [1.82, 2.24) is 25.4 Å². The first-order valence-electron chi connectivity index (χ1n) is 9.70. The van der Waals surface area contributed by atoms with Crippen LogP contribution in [0.2, 0.25) is 0 Å². The van der Waals surface area contributed by atoms with Gasteiger partial charge in [-0.1, -0.05) is 30.3 Å². The lowest BCUT2D eigenvalue weighted by atomic mass is 10.1. The van der Waals surface area contributed by atoms with Gasteiger partial charge in [0.2, 0.25) is 5.95 Å². The van der Waals surface area contributed by atoms with Crippen molar-refractivity contribution in [3.05, 3.63) is 71.7 Å². The highest BCUT2D eigenvalue weighted by atomic mass is 16.5. The normalized spacial score (nSPS) is 10.6. The summed E-state index contributed by atoms with van der Waals surface area (Å²) in [7, 11) is 3.14. The number of rotatable bonds is 8. The van der Waals surface area contributed by atoms with Crippen molar-refractivity contribution in [3.8, 4) is 22.8 Å². The average Bonchev–Trinajstić information content (AvgIpc) is 3.48. The quantitative estimate of drug-likeness (QED) is 0.404. The van der Waals surface area contributed by atoms with Crippen molar-refractivity contribution < 1.29 is 14.3 Å². The summed E-state index contributed by atoms with van der Waals surface area (Å²) in [4.78, 5) is 16.9. The molecule has 0 fully saturated rings. The number of anilines is 1. The Hall–Kier alpha value is -4.14. The van der Waals surface area contributed by atoms with Gasteiger partial charge in [-0.3, -0.25) is 20.3 Å². The summed E-state index contributed by atoms with van der Waals surface area (Å²) in [5.41, 5.74) is 2.89. The monoisotopic (exact) mass is 418 g/mol. The molecule has 9 heteroatoms. The van der Waals surface area contributed by atoms with Gasteiger partial charge in [-0.15, -0.1) is 5.10 Å². The number of hydrogen-bond donors (Lipinski definition) is 3. The molecule has 0 aliphatic heterocycles. The molecule has 1 amide bonds. The molecule has 0 unspecified atom stereocenters. The second kappa shape index (κ2) is 9.12. The van der Waals surface area contributed by atoms with E-state index in [0.717, 1.165) is 12.0 Å². The Balaban J connectivity index is 1.40. The number of aromatic amines is 2. The lowest BCUT2D eigenvalue weighted by Gasteiger charge is -2.08. The number of aryl methyl sites for hydroxylation is 2. The van der Waals surface area contributed by atoms with Crippen LogP contribution in [-0.2, 0) is 12.8 Å². The Morgan fingerprint density at radius 2 is 1.74 bits per heavy atom. The molecule has 3 N–H and O–H groups in total. The van der Waals surface area contributed by atoms with E-state index in [1.807, 2.05) is 24.3 Å². The minimum Gasteiger partial charge on any atom is -0.493 e. The predicted molar refractivity (Wildman–Crippen MR) is 115 cm³/mol. The van der Waals surface area contributed by atoms with Crippen LogP contribution < -0.4 is 14.8 Å². The summed E-state index contributed by atoms with van der Waals surface area (Å²) in [5, 5.41) is 16.6. The molecule has 4 rings (SSSR count). The highest BCUT2D eigenvalue weighted by Crippen LogP contribution is 2.31. The SMILES string of the molecule is COc1ccc(-c2cc(C(=O)Nc3n[nH]c(CCc4ccccc4)n3)[nH]n2)cc1OC. The molecule has 9 nitrogen and oxygen atoms in total. The Morgan fingerprint density at radius 1 is 0.935 bits per heavy atom. The molecule has 158 valence electrons. The van der Waals surface area contributed by atoms with E-state index in [0.29, 0.717) is 35.1 Å². The number of methoxy groups -OCH3 is 2. The van der Waals surface area contributed by atoms with Gasteiger partial charge in [0.1, 0.15) is 11.5 Å². The molecule has 4 aromatic rings. The van der Waals surface area contributed by atoms with Gasteiger partial charge in [0.25, 0.3) is 5.91 Å². The van der Waals surface area contributed by atoms with Crippen LogP contribution in [0.15, 0.2) is 54.6 Å². The van der Waals surface area contributed by atoms with Crippen LogP contribution in [0, 0.1) is 0 Å². The summed E-state index contributed by atoms with van der Waals surface area (Å²) in [6.07, 6.45) is 1.53. The van der Waals surface area contributed by atoms with E-state index in [1.54, 1.807) is 32.4 Å². The summed E-state index contributed by atoms with van der Waals surface area (Å²) < 4.78 is 10.6. The van der Waals surface area contributed by atoms with Crippen molar-refractivity contribution in [1.29, 1.82) is 0 Å². The van der Waals surface area contributed by atoms with Gasteiger partial charge in [-0.2, -0.15) is 10.1 Å². The maximum Gasteiger partial charge on any atom is 0.276 e. The van der Waals surface area contributed by atoms with Gasteiger partial charge in [-0.05, 0) is 36.2 Å². The lowest BCUT2D eigenvalue weighted by Crippen LogP contribution is -2.13. The molecular weight excluding hydrogens is 396 g/mol. The van der Waals surface area contributed by atoms with E-state index in [1.165, 1.54) is 5.56 Å². The maximum atomic E-state index is 12.5. The first-order valence-corrected chi connectivity index (χ1v) is 9.70. The molecule has 0 saturated carbocycles. The molecular formula is C22H22N6O3. The molecule has 0 aliphatic rings. The van der Waals surface area contributed by atoms with Gasteiger partial charge in [0.05, 0.1) is 19.9 Å². The third kappa shape index (κ3) is 4.72. The molecule has 2 heterocycles. The Bertz CT molecular complexity index is 1170. The third-order valence-corrected chi connectivity index (χ3v) is 4.75. The van der Waals surface area contributed by atoms with E-state index < -0.39 is 0 Å². The van der Waals surface area contributed by atoms with Crippen molar-refractivity contribution in [2.45, 2.75) is 12.8 Å². The van der Waals surface area contributed by atoms with Gasteiger partial charge >= 0.3 is 0 Å². The van der Waals surface area contributed by atoms with Crippen molar-refractivity contribution in [2.75, 3.05) is 19.5 Å².